The molecule has 1 aromatic carbocycles. The highest BCUT2D eigenvalue weighted by Crippen LogP contribution is 2.33. The number of aryl methyl sites for hydroxylation is 1. The van der Waals surface area contributed by atoms with E-state index in [1.807, 2.05) is 30.6 Å². The lowest BCUT2D eigenvalue weighted by molar-refractivity contribution is 0.592. The van der Waals surface area contributed by atoms with Gasteiger partial charge in [-0.1, -0.05) is 6.07 Å². The summed E-state index contributed by atoms with van der Waals surface area (Å²) in [5, 5.41) is 5.07. The van der Waals surface area contributed by atoms with Crippen LogP contribution in [0, 0.1) is 5.82 Å². The van der Waals surface area contributed by atoms with Crippen LogP contribution in [-0.4, -0.2) is 32.5 Å². The molecule has 0 atom stereocenters. The first-order valence-corrected chi connectivity index (χ1v) is 8.67. The van der Waals surface area contributed by atoms with Crippen molar-refractivity contribution >= 4 is 28.5 Å². The van der Waals surface area contributed by atoms with E-state index in [0.717, 1.165) is 48.6 Å². The number of likely N-dealkylation sites (N-methyl/N-ethyl adjacent to an activating group) is 1. The minimum Gasteiger partial charge on any atom is -0.383 e. The zero-order valence-corrected chi connectivity index (χ0v) is 14.0. The van der Waals surface area contributed by atoms with Crippen LogP contribution in [0.4, 0.5) is 15.8 Å². The van der Waals surface area contributed by atoms with Gasteiger partial charge >= 0.3 is 0 Å². The molecule has 0 saturated carbocycles. The van der Waals surface area contributed by atoms with Gasteiger partial charge in [0.1, 0.15) is 11.7 Å². The average molecular weight is 332 g/mol. The summed E-state index contributed by atoms with van der Waals surface area (Å²) in [7, 11) is 1.91. The Morgan fingerprint density at radius 3 is 3.09 bits per heavy atom. The van der Waals surface area contributed by atoms with E-state index in [0.29, 0.717) is 11.5 Å². The number of nitrogens with zero attached hydrogens (tertiary/aromatic N) is 2. The molecule has 2 aromatic rings. The van der Waals surface area contributed by atoms with Crippen molar-refractivity contribution in [3.05, 3.63) is 45.9 Å². The molecular formula is C17H21FN4S. The van der Waals surface area contributed by atoms with Crippen molar-refractivity contribution in [2.24, 2.45) is 10.7 Å². The highest BCUT2D eigenvalue weighted by molar-refractivity contribution is 7.12. The number of aliphatic imine (C=N–C) groups is 1. The lowest BCUT2D eigenvalue weighted by atomic mass is 10.0. The smallest absolute Gasteiger partial charge is 0.148 e. The lowest BCUT2D eigenvalue weighted by Gasteiger charge is -2.31. The summed E-state index contributed by atoms with van der Waals surface area (Å²) in [5.41, 5.74) is 8.34. The standard InChI is InChI=1S/C17H21FN4S/c1-20-6-8-22-7-2-4-12-10-13(11-14(18)16(12)22)21-17(19)15-5-3-9-23-15/h3,5,9-11,20H,2,4,6-8H2,1H3,(H2,19,21). The second kappa shape index (κ2) is 7.10. The third-order valence-corrected chi connectivity index (χ3v) is 4.86. The van der Waals surface area contributed by atoms with Crippen molar-refractivity contribution in [3.63, 3.8) is 0 Å². The summed E-state index contributed by atoms with van der Waals surface area (Å²) in [6, 6.07) is 7.29. The van der Waals surface area contributed by atoms with E-state index >= 15 is 0 Å². The number of hydrogen-bond acceptors (Lipinski definition) is 4. The molecule has 0 bridgehead atoms. The molecule has 0 spiro atoms. The van der Waals surface area contributed by atoms with Gasteiger partial charge in [-0.2, -0.15) is 0 Å². The number of rotatable bonds is 5. The SMILES string of the molecule is CNCCN1CCCc2cc(N=C(N)c3cccs3)cc(F)c21. The van der Waals surface area contributed by atoms with E-state index in [-0.39, 0.29) is 5.82 Å². The van der Waals surface area contributed by atoms with Crippen LogP contribution in [-0.2, 0) is 6.42 Å². The van der Waals surface area contributed by atoms with E-state index in [1.54, 1.807) is 0 Å². The predicted molar refractivity (Wildman–Crippen MR) is 95.6 cm³/mol. The molecule has 0 unspecified atom stereocenters. The first-order chi connectivity index (χ1) is 11.2. The van der Waals surface area contributed by atoms with Gasteiger partial charge in [0, 0.05) is 25.7 Å². The maximum atomic E-state index is 14.6. The monoisotopic (exact) mass is 332 g/mol. The van der Waals surface area contributed by atoms with Gasteiger partial charge in [0.15, 0.2) is 0 Å². The number of anilines is 1. The van der Waals surface area contributed by atoms with Crippen LogP contribution in [0.5, 0.6) is 0 Å². The van der Waals surface area contributed by atoms with Crippen molar-refractivity contribution in [2.75, 3.05) is 31.6 Å². The van der Waals surface area contributed by atoms with Crippen molar-refractivity contribution in [3.8, 4) is 0 Å². The Morgan fingerprint density at radius 2 is 2.35 bits per heavy atom. The second-order valence-electron chi connectivity index (χ2n) is 5.60. The van der Waals surface area contributed by atoms with Gasteiger partial charge < -0.3 is 16.0 Å². The molecule has 2 heterocycles. The predicted octanol–water partition coefficient (Wildman–Crippen LogP) is 2.90. The van der Waals surface area contributed by atoms with Crippen LogP contribution in [0.3, 0.4) is 0 Å². The average Bonchev–Trinajstić information content (AvgIpc) is 3.07. The van der Waals surface area contributed by atoms with E-state index in [9.17, 15) is 4.39 Å². The molecule has 1 aliphatic rings. The van der Waals surface area contributed by atoms with Crippen molar-refractivity contribution in [2.45, 2.75) is 12.8 Å². The van der Waals surface area contributed by atoms with Gasteiger partial charge in [-0.25, -0.2) is 9.38 Å². The first kappa shape index (κ1) is 16.0. The zero-order valence-electron chi connectivity index (χ0n) is 13.2. The van der Waals surface area contributed by atoms with Gasteiger partial charge in [0.2, 0.25) is 0 Å². The summed E-state index contributed by atoms with van der Waals surface area (Å²) in [4.78, 5) is 7.41. The Morgan fingerprint density at radius 1 is 1.48 bits per heavy atom. The van der Waals surface area contributed by atoms with Crippen LogP contribution >= 0.6 is 11.3 Å². The topological polar surface area (TPSA) is 53.6 Å². The maximum absolute atomic E-state index is 14.6. The molecule has 1 aromatic heterocycles. The van der Waals surface area contributed by atoms with Crippen LogP contribution in [0.15, 0.2) is 34.6 Å². The molecule has 0 aliphatic carbocycles. The number of fused-ring (bicyclic) bond motifs is 1. The number of halogens is 1. The molecule has 4 nitrogen and oxygen atoms in total. The summed E-state index contributed by atoms with van der Waals surface area (Å²) >= 11 is 1.53. The number of benzene rings is 1. The molecule has 122 valence electrons. The number of hydrogen-bond donors (Lipinski definition) is 2. The van der Waals surface area contributed by atoms with Crippen molar-refractivity contribution in [1.29, 1.82) is 0 Å². The van der Waals surface area contributed by atoms with E-state index in [2.05, 4.69) is 15.2 Å². The van der Waals surface area contributed by atoms with E-state index in [4.69, 9.17) is 5.73 Å². The molecule has 0 saturated heterocycles. The number of nitrogens with two attached hydrogens (primary N) is 1. The minimum atomic E-state index is -0.212. The van der Waals surface area contributed by atoms with Gasteiger partial charge in [-0.15, -0.1) is 11.3 Å². The fraction of sp³-hybridized carbons (Fsp3) is 0.353. The first-order valence-electron chi connectivity index (χ1n) is 7.79. The lowest BCUT2D eigenvalue weighted by Crippen LogP contribution is -2.35. The van der Waals surface area contributed by atoms with Gasteiger partial charge in [0.05, 0.1) is 16.3 Å². The maximum Gasteiger partial charge on any atom is 0.148 e. The quantitative estimate of drug-likeness (QED) is 0.654. The Balaban J connectivity index is 1.91. The number of nitrogens with one attached hydrogen (secondary N) is 1. The number of thiophene rings is 1. The molecular weight excluding hydrogens is 311 g/mol. The molecule has 0 radical (unpaired) electrons. The second-order valence-corrected chi connectivity index (χ2v) is 6.55. The fourth-order valence-corrected chi connectivity index (χ4v) is 3.54. The Kier molecular flexibility index (Phi) is 4.93. The van der Waals surface area contributed by atoms with Gasteiger partial charge in [-0.05, 0) is 43.0 Å². The zero-order chi connectivity index (χ0) is 16.2. The molecule has 6 heteroatoms. The van der Waals surface area contributed by atoms with Crippen LogP contribution in [0.2, 0.25) is 0 Å². The molecule has 0 fully saturated rings. The summed E-state index contributed by atoms with van der Waals surface area (Å²) < 4.78 is 14.6. The summed E-state index contributed by atoms with van der Waals surface area (Å²) in [6.07, 6.45) is 1.91. The Bertz CT molecular complexity index is 697. The van der Waals surface area contributed by atoms with Crippen molar-refractivity contribution in [1.82, 2.24) is 5.32 Å². The Labute approximate surface area is 139 Å². The highest BCUT2D eigenvalue weighted by atomic mass is 32.1. The molecule has 1 aliphatic heterocycles. The van der Waals surface area contributed by atoms with Gasteiger partial charge in [0.25, 0.3) is 0 Å². The summed E-state index contributed by atoms with van der Waals surface area (Å²) in [5.74, 6) is 0.221. The van der Waals surface area contributed by atoms with E-state index in [1.165, 1.54) is 17.4 Å². The third-order valence-electron chi connectivity index (χ3n) is 3.97. The Hall–Kier alpha value is -1.92. The summed E-state index contributed by atoms with van der Waals surface area (Å²) in [6.45, 7) is 2.54. The highest BCUT2D eigenvalue weighted by Gasteiger charge is 2.21. The molecule has 3 rings (SSSR count). The molecule has 3 N–H and O–H groups in total. The van der Waals surface area contributed by atoms with Crippen molar-refractivity contribution < 1.29 is 4.39 Å². The van der Waals surface area contributed by atoms with E-state index < -0.39 is 0 Å². The van der Waals surface area contributed by atoms with Gasteiger partial charge in [-0.3, -0.25) is 0 Å². The number of amidine groups is 1. The van der Waals surface area contributed by atoms with Crippen LogP contribution in [0.25, 0.3) is 0 Å². The normalized spacial score (nSPS) is 14.9. The van der Waals surface area contributed by atoms with Crippen LogP contribution in [0.1, 0.15) is 16.9 Å². The third kappa shape index (κ3) is 3.54. The minimum absolute atomic E-state index is 0.212. The largest absolute Gasteiger partial charge is 0.383 e. The van der Waals surface area contributed by atoms with Crippen LogP contribution < -0.4 is 16.0 Å². The molecule has 0 amide bonds. The molecule has 23 heavy (non-hydrogen) atoms. The fourth-order valence-electron chi connectivity index (χ4n) is 2.91.